The van der Waals surface area contributed by atoms with Crippen LogP contribution in [0.25, 0.3) is 33.0 Å². The number of benzene rings is 6. The second kappa shape index (κ2) is 13.3. The van der Waals surface area contributed by atoms with Crippen molar-refractivity contribution in [1.82, 2.24) is 0 Å². The summed E-state index contributed by atoms with van der Waals surface area (Å²) in [7, 11) is 0. The molecule has 11 rings (SSSR count). The molecule has 1 heteroatoms. The van der Waals surface area contributed by atoms with Gasteiger partial charge in [-0.2, -0.15) is 0 Å². The van der Waals surface area contributed by atoms with E-state index in [1.54, 1.807) is 11.1 Å². The summed E-state index contributed by atoms with van der Waals surface area (Å²) in [6.07, 6.45) is 25.9. The van der Waals surface area contributed by atoms with Crippen LogP contribution in [0.1, 0.15) is 67.7 Å². The Morgan fingerprint density at radius 3 is 2.12 bits per heavy atom. The van der Waals surface area contributed by atoms with Crippen molar-refractivity contribution < 1.29 is 0 Å². The van der Waals surface area contributed by atoms with E-state index in [0.29, 0.717) is 23.7 Å². The molecule has 5 aliphatic carbocycles. The third-order valence-electron chi connectivity index (χ3n) is 14.4. The van der Waals surface area contributed by atoms with Gasteiger partial charge in [-0.1, -0.05) is 166 Å². The number of fused-ring (bicyclic) bond motifs is 10. The molecule has 0 saturated heterocycles. The van der Waals surface area contributed by atoms with Crippen molar-refractivity contribution in [3.05, 3.63) is 216 Å². The van der Waals surface area contributed by atoms with Gasteiger partial charge < -0.3 is 4.90 Å². The first-order valence-electron chi connectivity index (χ1n) is 21.1. The maximum Gasteiger partial charge on any atom is 0.0536 e. The van der Waals surface area contributed by atoms with Gasteiger partial charge in [-0.3, -0.25) is 0 Å². The Balaban J connectivity index is 1.00. The predicted molar refractivity (Wildman–Crippen MR) is 240 cm³/mol. The molecule has 0 aromatic heterocycles. The van der Waals surface area contributed by atoms with E-state index in [2.05, 4.69) is 207 Å². The largest absolute Gasteiger partial charge is 0.314 e. The molecule has 0 N–H and O–H groups in total. The first-order valence-corrected chi connectivity index (χ1v) is 21.1. The lowest BCUT2D eigenvalue weighted by molar-refractivity contribution is 0.137. The highest BCUT2D eigenvalue weighted by Crippen LogP contribution is 2.68. The third-order valence-corrected chi connectivity index (χ3v) is 14.4. The van der Waals surface area contributed by atoms with Crippen LogP contribution in [0.3, 0.4) is 0 Å². The highest BCUT2D eigenvalue weighted by Gasteiger charge is 2.62. The van der Waals surface area contributed by atoms with Crippen LogP contribution in [-0.2, 0) is 10.8 Å². The van der Waals surface area contributed by atoms with Crippen LogP contribution in [0, 0.1) is 17.8 Å². The summed E-state index contributed by atoms with van der Waals surface area (Å²) in [4.78, 5) is 2.46. The van der Waals surface area contributed by atoms with Gasteiger partial charge in [-0.05, 0) is 135 Å². The number of allylic oxidation sites excluding steroid dienone is 10. The fourth-order valence-corrected chi connectivity index (χ4v) is 11.8. The standard InChI is InChI=1S/C56H49N/c1-55(2)49-25-10-12-27-51(49)56(52-28-13-11-26-50(52)55)48-24-9-8-23-46(48)47-35-32-42(37-53(47)56)41-19-14-18-40(36-41)38-30-33-44(34-31-38)57(43-20-4-3-5-21-43)54-29-15-17-39-16-6-7-22-45(39)54/h3-4,6-8,10-20,22-23,25-37,46,48-49,51H,5,9,21,24H2,1-2H3. The highest BCUT2D eigenvalue weighted by molar-refractivity contribution is 5.97. The molecular weight excluding hydrogens is 687 g/mol. The highest BCUT2D eigenvalue weighted by atomic mass is 15.1. The maximum atomic E-state index is 2.61. The van der Waals surface area contributed by atoms with E-state index in [1.165, 1.54) is 67.6 Å². The molecule has 0 amide bonds. The van der Waals surface area contributed by atoms with Crippen molar-refractivity contribution in [2.45, 2.75) is 56.3 Å². The summed E-state index contributed by atoms with van der Waals surface area (Å²) in [5.74, 6) is 1.82. The van der Waals surface area contributed by atoms with E-state index in [9.17, 15) is 0 Å². The minimum Gasteiger partial charge on any atom is -0.314 e. The van der Waals surface area contributed by atoms with Crippen molar-refractivity contribution in [3.63, 3.8) is 0 Å². The lowest BCUT2D eigenvalue weighted by Crippen LogP contribution is -2.54. The molecule has 0 fully saturated rings. The minimum atomic E-state index is -0.0776. The van der Waals surface area contributed by atoms with Crippen molar-refractivity contribution in [1.29, 1.82) is 0 Å². The van der Waals surface area contributed by atoms with Gasteiger partial charge in [-0.15, -0.1) is 0 Å². The second-order valence-corrected chi connectivity index (χ2v) is 17.5. The first-order chi connectivity index (χ1) is 28.0. The fourth-order valence-electron chi connectivity index (χ4n) is 11.8. The molecule has 278 valence electrons. The summed E-state index contributed by atoms with van der Waals surface area (Å²) in [5.41, 5.74) is 14.9. The Morgan fingerprint density at radius 2 is 1.28 bits per heavy atom. The average Bonchev–Trinajstić information content (AvgIpc) is 3.57. The van der Waals surface area contributed by atoms with Gasteiger partial charge >= 0.3 is 0 Å². The molecular formula is C56H49N. The van der Waals surface area contributed by atoms with E-state index >= 15 is 0 Å². The first kappa shape index (κ1) is 34.3. The molecule has 0 aliphatic heterocycles. The Morgan fingerprint density at radius 1 is 0.561 bits per heavy atom. The van der Waals surface area contributed by atoms with Gasteiger partial charge in [0.25, 0.3) is 0 Å². The van der Waals surface area contributed by atoms with E-state index < -0.39 is 0 Å². The average molecular weight is 736 g/mol. The van der Waals surface area contributed by atoms with Crippen molar-refractivity contribution >= 4 is 22.1 Å². The zero-order valence-electron chi connectivity index (χ0n) is 33.0. The molecule has 0 heterocycles. The number of anilines is 2. The molecule has 6 aromatic carbocycles. The van der Waals surface area contributed by atoms with Crippen molar-refractivity contribution in [3.8, 4) is 22.3 Å². The molecule has 5 aliphatic rings. The van der Waals surface area contributed by atoms with Crippen LogP contribution >= 0.6 is 0 Å². The molecule has 6 aromatic rings. The smallest absolute Gasteiger partial charge is 0.0536 e. The van der Waals surface area contributed by atoms with Crippen LogP contribution < -0.4 is 4.90 Å². The van der Waals surface area contributed by atoms with Crippen molar-refractivity contribution in [2.24, 2.45) is 17.8 Å². The SMILES string of the molecule is CC1(C)c2ccccc2C2(c3cc(-c4cccc(-c5ccc(N(C6=CC=CCC6)c6cccc7ccccc67)cc5)c4)ccc3C3C=CCCC32)C2C=CC=CC21. The number of hydrogen-bond donors (Lipinski definition) is 0. The van der Waals surface area contributed by atoms with E-state index in [0.717, 1.165) is 19.3 Å². The van der Waals surface area contributed by atoms with Crippen LogP contribution in [0.5, 0.6) is 0 Å². The lowest BCUT2D eigenvalue weighted by atomic mass is 9.46. The van der Waals surface area contributed by atoms with Gasteiger partial charge in [0.05, 0.1) is 5.69 Å². The lowest BCUT2D eigenvalue weighted by Gasteiger charge is -2.57. The van der Waals surface area contributed by atoms with Gasteiger partial charge in [0, 0.05) is 28.1 Å². The van der Waals surface area contributed by atoms with Crippen LogP contribution in [0.4, 0.5) is 11.4 Å². The van der Waals surface area contributed by atoms with E-state index in [1.807, 2.05) is 0 Å². The monoisotopic (exact) mass is 735 g/mol. The summed E-state index contributed by atoms with van der Waals surface area (Å²) in [5, 5.41) is 2.53. The summed E-state index contributed by atoms with van der Waals surface area (Å²) >= 11 is 0. The zero-order valence-corrected chi connectivity index (χ0v) is 33.0. The summed E-state index contributed by atoms with van der Waals surface area (Å²) in [6, 6.07) is 50.9. The van der Waals surface area contributed by atoms with E-state index in [4.69, 9.17) is 0 Å². The third kappa shape index (κ3) is 5.21. The summed E-state index contributed by atoms with van der Waals surface area (Å²) in [6.45, 7) is 4.96. The quantitative estimate of drug-likeness (QED) is 0.159. The topological polar surface area (TPSA) is 3.24 Å². The molecule has 0 saturated carbocycles. The Kier molecular flexibility index (Phi) is 8.04. The molecule has 0 bridgehead atoms. The van der Waals surface area contributed by atoms with Crippen LogP contribution in [-0.4, -0.2) is 0 Å². The Bertz CT molecular complexity index is 2690. The molecule has 1 nitrogen and oxygen atoms in total. The zero-order chi connectivity index (χ0) is 38.1. The van der Waals surface area contributed by atoms with Gasteiger partial charge in [0.1, 0.15) is 0 Å². The van der Waals surface area contributed by atoms with Gasteiger partial charge in [0.2, 0.25) is 0 Å². The Hall–Kier alpha value is -5.92. The maximum absolute atomic E-state index is 2.61. The predicted octanol–water partition coefficient (Wildman–Crippen LogP) is 14.5. The van der Waals surface area contributed by atoms with Gasteiger partial charge in [0.15, 0.2) is 0 Å². The second-order valence-electron chi connectivity index (χ2n) is 17.5. The van der Waals surface area contributed by atoms with Crippen molar-refractivity contribution in [2.75, 3.05) is 4.90 Å². The summed E-state index contributed by atoms with van der Waals surface area (Å²) < 4.78 is 0. The number of nitrogens with zero attached hydrogens (tertiary/aromatic N) is 1. The minimum absolute atomic E-state index is 0.0499. The van der Waals surface area contributed by atoms with Crippen LogP contribution in [0.2, 0.25) is 0 Å². The fraction of sp³-hybridized carbons (Fsp3) is 0.214. The molecule has 5 unspecified atom stereocenters. The Labute approximate surface area is 338 Å². The number of rotatable bonds is 5. The molecule has 5 atom stereocenters. The molecule has 0 radical (unpaired) electrons. The van der Waals surface area contributed by atoms with Crippen LogP contribution in [0.15, 0.2) is 194 Å². The molecule has 1 spiro atoms. The van der Waals surface area contributed by atoms with E-state index in [-0.39, 0.29) is 10.8 Å². The molecule has 57 heavy (non-hydrogen) atoms. The normalized spacial score (nSPS) is 24.8. The number of hydrogen-bond acceptors (Lipinski definition) is 1. The van der Waals surface area contributed by atoms with Gasteiger partial charge in [-0.25, -0.2) is 0 Å².